The molecule has 164 valence electrons. The molecule has 0 aromatic rings. The molecule has 0 fully saturated rings. The fraction of sp³-hybridized carbons (Fsp3) is 1.00. The van der Waals surface area contributed by atoms with Crippen molar-refractivity contribution in [3.8, 4) is 0 Å². The largest absolute Gasteiger partial charge is 0.415 e. The molecule has 27 heavy (non-hydrogen) atoms. The van der Waals surface area contributed by atoms with Crippen molar-refractivity contribution in [2.24, 2.45) is 0 Å². The van der Waals surface area contributed by atoms with Gasteiger partial charge in [0.1, 0.15) is 0 Å². The van der Waals surface area contributed by atoms with Crippen LogP contribution in [0.15, 0.2) is 0 Å². The Morgan fingerprint density at radius 1 is 0.481 bits per heavy atom. The molecule has 0 aromatic heterocycles. The molecule has 0 bridgehead atoms. The van der Waals surface area contributed by atoms with Crippen molar-refractivity contribution < 1.29 is 31.3 Å². The molecule has 10 heteroatoms. The maximum atomic E-state index is 6.90. The summed E-state index contributed by atoms with van der Waals surface area (Å²) in [7, 11) is 1.16. The van der Waals surface area contributed by atoms with Crippen molar-refractivity contribution in [2.45, 2.75) is 57.0 Å². The van der Waals surface area contributed by atoms with Crippen molar-refractivity contribution >= 4 is 25.7 Å². The second kappa shape index (κ2) is 14.4. The summed E-state index contributed by atoms with van der Waals surface area (Å²) in [4.78, 5) is 0. The summed E-state index contributed by atoms with van der Waals surface area (Å²) in [6.07, 6.45) is 0. The highest BCUT2D eigenvalue weighted by molar-refractivity contribution is 6.87. The van der Waals surface area contributed by atoms with Crippen molar-refractivity contribution in [1.82, 2.24) is 0 Å². The summed E-state index contributed by atoms with van der Waals surface area (Å²) in [6, 6.07) is 4.86. The van der Waals surface area contributed by atoms with E-state index in [4.69, 9.17) is 31.3 Å². The predicted octanol–water partition coefficient (Wildman–Crippen LogP) is 3.64. The molecular weight excluding hydrogens is 400 g/mol. The number of methoxy groups -OCH3 is 3. The lowest BCUT2D eigenvalue weighted by Crippen LogP contribution is -2.61. The molecule has 0 aromatic carbocycles. The molecule has 0 aliphatic carbocycles. The summed E-state index contributed by atoms with van der Waals surface area (Å²) in [6.45, 7) is 8.24. The topological polar surface area (TPSA) is 64.6 Å². The fourth-order valence-electron chi connectivity index (χ4n) is 3.07. The van der Waals surface area contributed by atoms with Gasteiger partial charge in [-0.2, -0.15) is 0 Å². The Morgan fingerprint density at radius 3 is 1.00 bits per heavy atom. The van der Waals surface area contributed by atoms with Gasteiger partial charge in [-0.05, 0) is 18.1 Å². The molecular formula is C17H42O7Si3. The molecule has 0 spiro atoms. The molecule has 2 atom stereocenters. The average Bonchev–Trinajstić information content (AvgIpc) is 2.72. The average molecular weight is 443 g/mol. The highest BCUT2D eigenvalue weighted by Crippen LogP contribution is 2.34. The number of hydrogen-bond donors (Lipinski definition) is 0. The van der Waals surface area contributed by atoms with E-state index in [0.717, 1.165) is 36.3 Å². The number of hydrogen-bond acceptors (Lipinski definition) is 7. The molecule has 2 unspecified atom stereocenters. The van der Waals surface area contributed by atoms with Crippen LogP contribution in [0.5, 0.6) is 0 Å². The highest BCUT2D eigenvalue weighted by atomic mass is 28.5. The first-order chi connectivity index (χ1) is 12.9. The van der Waals surface area contributed by atoms with Crippen LogP contribution < -0.4 is 0 Å². The molecule has 0 rings (SSSR count). The van der Waals surface area contributed by atoms with Crippen molar-refractivity contribution in [3.05, 3.63) is 0 Å². The van der Waals surface area contributed by atoms with Gasteiger partial charge in [-0.1, -0.05) is 20.8 Å². The van der Waals surface area contributed by atoms with E-state index in [-0.39, 0.29) is 0 Å². The van der Waals surface area contributed by atoms with Crippen LogP contribution in [-0.2, 0) is 31.3 Å². The van der Waals surface area contributed by atoms with Crippen molar-refractivity contribution in [1.29, 1.82) is 0 Å². The van der Waals surface area contributed by atoms with Gasteiger partial charge in [-0.3, -0.25) is 0 Å². The Morgan fingerprint density at radius 2 is 0.778 bits per heavy atom. The molecule has 0 N–H and O–H groups in total. The third-order valence-electron chi connectivity index (χ3n) is 5.17. The van der Waals surface area contributed by atoms with Gasteiger partial charge < -0.3 is 31.3 Å². The van der Waals surface area contributed by atoms with E-state index in [2.05, 4.69) is 20.8 Å². The molecule has 0 saturated heterocycles. The van der Waals surface area contributed by atoms with Crippen LogP contribution in [0.3, 0.4) is 0 Å². The molecule has 0 radical (unpaired) electrons. The summed E-state index contributed by atoms with van der Waals surface area (Å²) >= 11 is 0. The maximum Gasteiger partial charge on any atom is 0.331 e. The smallest absolute Gasteiger partial charge is 0.331 e. The van der Waals surface area contributed by atoms with Crippen LogP contribution in [0.25, 0.3) is 0 Å². The minimum atomic E-state index is -2.61. The first-order valence-electron chi connectivity index (χ1n) is 9.87. The molecule has 0 aliphatic rings. The van der Waals surface area contributed by atoms with Gasteiger partial charge in [0, 0.05) is 73.5 Å². The van der Waals surface area contributed by atoms with E-state index in [1.807, 2.05) is 0 Å². The van der Waals surface area contributed by atoms with E-state index in [1.54, 1.807) is 35.5 Å². The van der Waals surface area contributed by atoms with Gasteiger partial charge in [0.25, 0.3) is 0 Å². The number of rotatable bonds is 18. The van der Waals surface area contributed by atoms with Gasteiger partial charge in [0.2, 0.25) is 0 Å². The van der Waals surface area contributed by atoms with Crippen LogP contribution in [0, 0.1) is 0 Å². The van der Waals surface area contributed by atoms with Gasteiger partial charge in [-0.25, -0.2) is 0 Å². The summed E-state index contributed by atoms with van der Waals surface area (Å²) in [5.74, 6) is 0. The Bertz CT molecular complexity index is 340. The summed E-state index contributed by atoms with van der Waals surface area (Å²) < 4.78 is 41.8. The SMILES string of the molecule is CC[Si](CCOC)(OC)O[Si](CC)(CCOC)O[Si](CC)(CCOC)OC. The van der Waals surface area contributed by atoms with Gasteiger partial charge in [0.15, 0.2) is 0 Å². The zero-order valence-corrected chi connectivity index (χ0v) is 21.7. The van der Waals surface area contributed by atoms with E-state index in [9.17, 15) is 0 Å². The maximum absolute atomic E-state index is 6.90. The van der Waals surface area contributed by atoms with E-state index >= 15 is 0 Å². The second-order valence-electron chi connectivity index (χ2n) is 6.63. The highest BCUT2D eigenvalue weighted by Gasteiger charge is 2.51. The predicted molar refractivity (Wildman–Crippen MR) is 115 cm³/mol. The summed E-state index contributed by atoms with van der Waals surface area (Å²) in [5.41, 5.74) is 0. The van der Waals surface area contributed by atoms with Crippen molar-refractivity contribution in [2.75, 3.05) is 55.4 Å². The third-order valence-corrected chi connectivity index (χ3v) is 18.7. The van der Waals surface area contributed by atoms with Gasteiger partial charge >= 0.3 is 25.7 Å². The Kier molecular flexibility index (Phi) is 14.6. The summed E-state index contributed by atoms with van der Waals surface area (Å²) in [5, 5.41) is 0. The Hall–Kier alpha value is 0.371. The molecule has 0 heterocycles. The number of ether oxygens (including phenoxy) is 3. The van der Waals surface area contributed by atoms with Crippen LogP contribution in [-0.4, -0.2) is 81.1 Å². The Balaban J connectivity index is 5.78. The standard InChI is InChI=1S/C17H42O7Si3/c1-9-25(21-7,15-12-18-4)23-27(11-3,17-14-20-6)24-26(10-2,22-8)16-13-19-5/h9-17H2,1-8H3. The zero-order chi connectivity index (χ0) is 20.8. The minimum Gasteiger partial charge on any atom is -0.415 e. The van der Waals surface area contributed by atoms with Gasteiger partial charge in [-0.15, -0.1) is 0 Å². The van der Waals surface area contributed by atoms with E-state index in [1.165, 1.54) is 0 Å². The van der Waals surface area contributed by atoms with Gasteiger partial charge in [0.05, 0.1) is 0 Å². The quantitative estimate of drug-likeness (QED) is 0.300. The zero-order valence-electron chi connectivity index (χ0n) is 18.7. The third kappa shape index (κ3) is 8.72. The van der Waals surface area contributed by atoms with Crippen LogP contribution in [0.1, 0.15) is 20.8 Å². The molecule has 0 saturated carbocycles. The van der Waals surface area contributed by atoms with E-state index in [0.29, 0.717) is 19.8 Å². The van der Waals surface area contributed by atoms with Crippen molar-refractivity contribution in [3.63, 3.8) is 0 Å². The minimum absolute atomic E-state index is 0.602. The molecule has 0 amide bonds. The van der Waals surface area contributed by atoms with Crippen LogP contribution >= 0.6 is 0 Å². The normalized spacial score (nSPS) is 18.7. The first-order valence-corrected chi connectivity index (χ1v) is 16.6. The fourth-order valence-corrected chi connectivity index (χ4v) is 17.2. The first kappa shape index (κ1) is 27.4. The monoisotopic (exact) mass is 442 g/mol. The lowest BCUT2D eigenvalue weighted by Gasteiger charge is -2.44. The van der Waals surface area contributed by atoms with Crippen LogP contribution in [0.2, 0.25) is 36.3 Å². The lowest BCUT2D eigenvalue weighted by atomic mass is 10.9. The Labute approximate surface area is 169 Å². The van der Waals surface area contributed by atoms with E-state index < -0.39 is 25.7 Å². The molecule has 7 nitrogen and oxygen atoms in total. The lowest BCUT2D eigenvalue weighted by molar-refractivity contribution is 0.171. The molecule has 0 aliphatic heterocycles. The second-order valence-corrected chi connectivity index (χ2v) is 18.2. The van der Waals surface area contributed by atoms with Crippen LogP contribution in [0.4, 0.5) is 0 Å².